The van der Waals surface area contributed by atoms with E-state index in [-0.39, 0.29) is 22.5 Å². The van der Waals surface area contributed by atoms with Gasteiger partial charge in [-0.25, -0.2) is 0 Å². The van der Waals surface area contributed by atoms with Crippen LogP contribution < -0.4 is 5.32 Å². The van der Waals surface area contributed by atoms with Crippen molar-refractivity contribution in [2.75, 3.05) is 19.0 Å². The molecule has 2 aromatic carbocycles. The highest BCUT2D eigenvalue weighted by molar-refractivity contribution is 6.00. The lowest BCUT2D eigenvalue weighted by molar-refractivity contribution is -0.142. The second-order valence-corrected chi connectivity index (χ2v) is 9.94. The molecule has 0 aliphatic carbocycles. The largest absolute Gasteiger partial charge is 0.508 e. The Balaban J connectivity index is 1.79. The van der Waals surface area contributed by atoms with Crippen molar-refractivity contribution in [3.05, 3.63) is 59.2 Å². The Labute approximate surface area is 193 Å². The zero-order chi connectivity index (χ0) is 24.0. The Morgan fingerprint density at radius 1 is 1.09 bits per heavy atom. The van der Waals surface area contributed by atoms with Crippen LogP contribution in [0.15, 0.2) is 42.5 Å². The van der Waals surface area contributed by atoms with Gasteiger partial charge in [-0.2, -0.15) is 0 Å². The summed E-state index contributed by atoms with van der Waals surface area (Å²) in [4.78, 5) is 12.7. The van der Waals surface area contributed by atoms with Crippen LogP contribution in [0.5, 0.6) is 11.5 Å². The zero-order valence-corrected chi connectivity index (χ0v) is 19.4. The van der Waals surface area contributed by atoms with Crippen LogP contribution in [0.3, 0.4) is 0 Å². The number of anilines is 1. The molecule has 7 heteroatoms. The summed E-state index contributed by atoms with van der Waals surface area (Å²) < 4.78 is 11.5. The summed E-state index contributed by atoms with van der Waals surface area (Å²) in [7, 11) is 1.32. The van der Waals surface area contributed by atoms with E-state index in [1.807, 2.05) is 13.0 Å². The minimum Gasteiger partial charge on any atom is -0.508 e. The van der Waals surface area contributed by atoms with E-state index in [2.05, 4.69) is 19.2 Å². The predicted molar refractivity (Wildman–Crippen MR) is 125 cm³/mol. The lowest BCUT2D eigenvalue weighted by Crippen LogP contribution is -2.52. The standard InChI is InChI=1S/C26H31NO6/c1-24(2)13-14-25(3,33-15-24)12-11-16-5-10-19-20(21(16)29)26(31,22(32-4)23(30)27-19)17-6-8-18(28)9-7-17/h5-12,22,28-29,31H,13-15H2,1-4H3,(H,27,30)/b12-11+. The molecule has 2 aliphatic rings. The maximum absolute atomic E-state index is 12.7. The molecule has 2 heterocycles. The van der Waals surface area contributed by atoms with Crippen molar-refractivity contribution in [3.63, 3.8) is 0 Å². The van der Waals surface area contributed by atoms with Gasteiger partial charge < -0.3 is 30.1 Å². The normalized spacial score (nSPS) is 29.0. The fourth-order valence-corrected chi connectivity index (χ4v) is 4.53. The zero-order valence-electron chi connectivity index (χ0n) is 19.4. The summed E-state index contributed by atoms with van der Waals surface area (Å²) in [6.07, 6.45) is 4.27. The van der Waals surface area contributed by atoms with Crippen LogP contribution in [-0.2, 0) is 19.9 Å². The van der Waals surface area contributed by atoms with Gasteiger partial charge in [0.2, 0.25) is 0 Å². The number of methoxy groups -OCH3 is 1. The van der Waals surface area contributed by atoms with Crippen molar-refractivity contribution in [2.45, 2.75) is 50.9 Å². The highest BCUT2D eigenvalue weighted by Gasteiger charge is 2.51. The quantitative estimate of drug-likeness (QED) is 0.559. The van der Waals surface area contributed by atoms with E-state index in [4.69, 9.17) is 9.47 Å². The average molecular weight is 454 g/mol. The summed E-state index contributed by atoms with van der Waals surface area (Å²) in [6, 6.07) is 9.17. The van der Waals surface area contributed by atoms with E-state index in [9.17, 15) is 20.1 Å². The fourth-order valence-electron chi connectivity index (χ4n) is 4.53. The number of nitrogens with one attached hydrogen (secondary N) is 1. The van der Waals surface area contributed by atoms with Crippen molar-refractivity contribution >= 4 is 17.7 Å². The van der Waals surface area contributed by atoms with Crippen molar-refractivity contribution in [1.29, 1.82) is 0 Å². The number of aromatic hydroxyl groups is 2. The summed E-state index contributed by atoms with van der Waals surface area (Å²) >= 11 is 0. The highest BCUT2D eigenvalue weighted by atomic mass is 16.5. The van der Waals surface area contributed by atoms with Crippen LogP contribution in [0, 0.1) is 5.41 Å². The lowest BCUT2D eigenvalue weighted by atomic mass is 9.76. The average Bonchev–Trinajstić information content (AvgIpc) is 2.76. The monoisotopic (exact) mass is 453 g/mol. The molecule has 1 amide bonds. The number of hydrogen-bond acceptors (Lipinski definition) is 6. The first-order chi connectivity index (χ1) is 15.5. The number of rotatable bonds is 4. The Morgan fingerprint density at radius 2 is 1.79 bits per heavy atom. The maximum atomic E-state index is 12.7. The van der Waals surface area contributed by atoms with Crippen LogP contribution >= 0.6 is 0 Å². The van der Waals surface area contributed by atoms with Gasteiger partial charge in [-0.3, -0.25) is 4.79 Å². The third-order valence-electron chi connectivity index (χ3n) is 6.72. The van der Waals surface area contributed by atoms with Gasteiger partial charge in [0.25, 0.3) is 5.91 Å². The first-order valence-corrected chi connectivity index (χ1v) is 11.0. The predicted octanol–water partition coefficient (Wildman–Crippen LogP) is 3.91. The topological polar surface area (TPSA) is 108 Å². The van der Waals surface area contributed by atoms with E-state index >= 15 is 0 Å². The number of benzene rings is 2. The Kier molecular flexibility index (Phi) is 5.76. The third kappa shape index (κ3) is 4.12. The molecule has 7 nitrogen and oxygen atoms in total. The molecule has 2 aromatic rings. The summed E-state index contributed by atoms with van der Waals surface area (Å²) in [5.41, 5.74) is -1.08. The molecule has 3 atom stereocenters. The third-order valence-corrected chi connectivity index (χ3v) is 6.72. The second kappa shape index (κ2) is 8.17. The number of hydrogen-bond donors (Lipinski definition) is 4. The van der Waals surface area contributed by atoms with E-state index < -0.39 is 23.2 Å². The number of amides is 1. The molecule has 0 bridgehead atoms. The Morgan fingerprint density at radius 3 is 2.39 bits per heavy atom. The number of phenols is 2. The SMILES string of the molecule is COC1C(=O)Nc2ccc(/C=C/C3(C)CCC(C)(C)CO3)c(O)c2C1(O)c1ccc(O)cc1. The molecule has 4 N–H and O–H groups in total. The molecule has 0 aromatic heterocycles. The molecular formula is C26H31NO6. The number of carbonyl (C=O) groups is 1. The molecular weight excluding hydrogens is 422 g/mol. The molecule has 1 fully saturated rings. The molecule has 0 saturated carbocycles. The fraction of sp³-hybridized carbons (Fsp3) is 0.423. The molecule has 176 valence electrons. The van der Waals surface area contributed by atoms with Crippen molar-refractivity contribution in [2.24, 2.45) is 5.41 Å². The van der Waals surface area contributed by atoms with Crippen molar-refractivity contribution in [3.8, 4) is 11.5 Å². The van der Waals surface area contributed by atoms with Gasteiger partial charge in [-0.05, 0) is 55.0 Å². The summed E-state index contributed by atoms with van der Waals surface area (Å²) in [5.74, 6) is -0.684. The van der Waals surface area contributed by atoms with Gasteiger partial charge in [0.05, 0.1) is 23.5 Å². The molecule has 2 aliphatic heterocycles. The van der Waals surface area contributed by atoms with Crippen molar-refractivity contribution in [1.82, 2.24) is 0 Å². The number of fused-ring (bicyclic) bond motifs is 1. The first kappa shape index (κ1) is 23.3. The number of ether oxygens (including phenoxy) is 2. The van der Waals surface area contributed by atoms with E-state index in [1.54, 1.807) is 18.2 Å². The Hall–Kier alpha value is -2.87. The van der Waals surface area contributed by atoms with Crippen LogP contribution in [0.25, 0.3) is 6.08 Å². The van der Waals surface area contributed by atoms with Gasteiger partial charge in [-0.1, -0.05) is 38.1 Å². The molecule has 1 saturated heterocycles. The van der Waals surface area contributed by atoms with E-state index in [0.717, 1.165) is 12.8 Å². The number of phenolic OH excluding ortho intramolecular Hbond substituents is 2. The molecule has 0 spiro atoms. The van der Waals surface area contributed by atoms with E-state index in [1.165, 1.54) is 31.4 Å². The minimum absolute atomic E-state index is 0.0154. The Bertz CT molecular complexity index is 1080. The van der Waals surface area contributed by atoms with Crippen LogP contribution in [0.4, 0.5) is 5.69 Å². The molecule has 4 rings (SSSR count). The van der Waals surface area contributed by atoms with Gasteiger partial charge in [0, 0.05) is 12.7 Å². The second-order valence-electron chi connectivity index (χ2n) is 9.94. The van der Waals surface area contributed by atoms with E-state index in [0.29, 0.717) is 23.4 Å². The molecule has 3 unspecified atom stereocenters. The van der Waals surface area contributed by atoms with Gasteiger partial charge in [0.15, 0.2) is 11.7 Å². The minimum atomic E-state index is -1.97. The number of aliphatic hydroxyl groups is 1. The molecule has 0 radical (unpaired) electrons. The van der Waals surface area contributed by atoms with Crippen molar-refractivity contribution < 1.29 is 29.6 Å². The summed E-state index contributed by atoms with van der Waals surface area (Å²) in [6.45, 7) is 7.01. The highest BCUT2D eigenvalue weighted by Crippen LogP contribution is 2.48. The first-order valence-electron chi connectivity index (χ1n) is 11.0. The number of carbonyl (C=O) groups excluding carboxylic acids is 1. The van der Waals surface area contributed by atoms with Crippen LogP contribution in [0.1, 0.15) is 50.3 Å². The molecule has 33 heavy (non-hydrogen) atoms. The smallest absolute Gasteiger partial charge is 0.257 e. The van der Waals surface area contributed by atoms with Crippen LogP contribution in [0.2, 0.25) is 0 Å². The lowest BCUT2D eigenvalue weighted by Gasteiger charge is -2.41. The van der Waals surface area contributed by atoms with Gasteiger partial charge in [0.1, 0.15) is 11.5 Å². The summed E-state index contributed by atoms with van der Waals surface area (Å²) in [5, 5.41) is 35.5. The van der Waals surface area contributed by atoms with Gasteiger partial charge >= 0.3 is 0 Å². The van der Waals surface area contributed by atoms with Crippen LogP contribution in [-0.4, -0.2) is 46.6 Å². The van der Waals surface area contributed by atoms with Gasteiger partial charge in [-0.15, -0.1) is 0 Å². The maximum Gasteiger partial charge on any atom is 0.257 e.